The van der Waals surface area contributed by atoms with Crippen LogP contribution < -0.4 is 10.5 Å². The van der Waals surface area contributed by atoms with Crippen molar-refractivity contribution in [3.63, 3.8) is 0 Å². The van der Waals surface area contributed by atoms with E-state index in [0.717, 1.165) is 0 Å². The minimum atomic E-state index is -0.425. The third kappa shape index (κ3) is 3.19. The Labute approximate surface area is 116 Å². The summed E-state index contributed by atoms with van der Waals surface area (Å²) >= 11 is 3.24. The Morgan fingerprint density at radius 2 is 2.16 bits per heavy atom. The number of amidine groups is 1. The van der Waals surface area contributed by atoms with Crippen molar-refractivity contribution in [2.24, 2.45) is 10.9 Å². The van der Waals surface area contributed by atoms with Crippen molar-refractivity contribution in [1.29, 1.82) is 0 Å². The van der Waals surface area contributed by atoms with Gasteiger partial charge in [0.15, 0.2) is 5.84 Å². The van der Waals surface area contributed by atoms with Gasteiger partial charge in [0.25, 0.3) is 0 Å². The molecule has 1 aromatic carbocycles. The summed E-state index contributed by atoms with van der Waals surface area (Å²) in [6.07, 6.45) is 0. The van der Waals surface area contributed by atoms with Crippen LogP contribution in [0.15, 0.2) is 46.0 Å². The van der Waals surface area contributed by atoms with Crippen LogP contribution in [0.1, 0.15) is 5.69 Å². The van der Waals surface area contributed by atoms with Crippen LogP contribution in [-0.2, 0) is 0 Å². The lowest BCUT2D eigenvalue weighted by Gasteiger charge is -2.07. The fourth-order valence-corrected chi connectivity index (χ4v) is 1.66. The zero-order chi connectivity index (χ0) is 13.8. The smallest absolute Gasteiger partial charge is 0.219 e. The van der Waals surface area contributed by atoms with Gasteiger partial charge in [0.05, 0.1) is 4.47 Å². The molecule has 0 amide bonds. The molecule has 0 aliphatic heterocycles. The quantitative estimate of drug-likeness (QED) is 0.393. The maximum absolute atomic E-state index is 13.1. The van der Waals surface area contributed by atoms with E-state index < -0.39 is 5.82 Å². The van der Waals surface area contributed by atoms with Gasteiger partial charge < -0.3 is 15.7 Å². The first-order valence-corrected chi connectivity index (χ1v) is 5.97. The van der Waals surface area contributed by atoms with Crippen LogP contribution in [0.25, 0.3) is 0 Å². The van der Waals surface area contributed by atoms with E-state index in [2.05, 4.69) is 26.1 Å². The van der Waals surface area contributed by atoms with Gasteiger partial charge in [-0.25, -0.2) is 9.37 Å². The van der Waals surface area contributed by atoms with E-state index in [9.17, 15) is 4.39 Å². The van der Waals surface area contributed by atoms with E-state index in [-0.39, 0.29) is 23.2 Å². The van der Waals surface area contributed by atoms with Gasteiger partial charge in [0, 0.05) is 12.1 Å². The van der Waals surface area contributed by atoms with Gasteiger partial charge >= 0.3 is 0 Å². The number of nitrogens with zero attached hydrogens (tertiary/aromatic N) is 2. The Morgan fingerprint density at radius 3 is 2.89 bits per heavy atom. The average Bonchev–Trinajstić information content (AvgIpc) is 2.42. The molecular weight excluding hydrogens is 317 g/mol. The van der Waals surface area contributed by atoms with Crippen LogP contribution in [0.5, 0.6) is 11.6 Å². The first kappa shape index (κ1) is 13.3. The van der Waals surface area contributed by atoms with Gasteiger partial charge in [0.1, 0.15) is 17.3 Å². The number of aromatic nitrogens is 1. The highest BCUT2D eigenvalue weighted by Crippen LogP contribution is 2.29. The summed E-state index contributed by atoms with van der Waals surface area (Å²) in [5.41, 5.74) is 5.68. The molecule has 0 radical (unpaired) electrons. The van der Waals surface area contributed by atoms with Crippen LogP contribution in [0.2, 0.25) is 0 Å². The molecule has 0 bridgehead atoms. The van der Waals surface area contributed by atoms with E-state index in [4.69, 9.17) is 15.7 Å². The molecule has 0 atom stereocenters. The zero-order valence-corrected chi connectivity index (χ0v) is 11.1. The van der Waals surface area contributed by atoms with E-state index in [1.54, 1.807) is 18.2 Å². The fourth-order valence-electron chi connectivity index (χ4n) is 1.33. The van der Waals surface area contributed by atoms with Crippen molar-refractivity contribution in [1.82, 2.24) is 4.98 Å². The van der Waals surface area contributed by atoms with E-state index in [1.807, 2.05) is 0 Å². The number of halogens is 2. The normalized spacial score (nSPS) is 11.4. The number of nitrogens with two attached hydrogens (primary N) is 1. The molecule has 0 aliphatic rings. The third-order valence-corrected chi connectivity index (χ3v) is 2.86. The third-order valence-electron chi connectivity index (χ3n) is 2.20. The van der Waals surface area contributed by atoms with Gasteiger partial charge in [-0.3, -0.25) is 0 Å². The molecule has 19 heavy (non-hydrogen) atoms. The molecule has 0 saturated carbocycles. The SMILES string of the molecule is N/C(=N/O)c1cccc(Oc2cc(F)ccc2Br)n1. The summed E-state index contributed by atoms with van der Waals surface area (Å²) in [7, 11) is 0. The molecule has 0 spiro atoms. The molecular formula is C12H9BrFN3O2. The highest BCUT2D eigenvalue weighted by molar-refractivity contribution is 9.10. The van der Waals surface area contributed by atoms with E-state index in [0.29, 0.717) is 4.47 Å². The van der Waals surface area contributed by atoms with Crippen LogP contribution in [0, 0.1) is 5.82 Å². The second-order valence-electron chi connectivity index (χ2n) is 3.52. The number of hydrogen-bond donors (Lipinski definition) is 2. The summed E-state index contributed by atoms with van der Waals surface area (Å²) in [6.45, 7) is 0. The Morgan fingerprint density at radius 1 is 1.37 bits per heavy atom. The van der Waals surface area contributed by atoms with Crippen molar-refractivity contribution in [3.05, 3.63) is 52.4 Å². The monoisotopic (exact) mass is 325 g/mol. The van der Waals surface area contributed by atoms with Gasteiger partial charge in [-0.1, -0.05) is 11.2 Å². The van der Waals surface area contributed by atoms with Gasteiger partial charge in [0.2, 0.25) is 5.88 Å². The van der Waals surface area contributed by atoms with Crippen molar-refractivity contribution in [2.45, 2.75) is 0 Å². The fraction of sp³-hybridized carbons (Fsp3) is 0. The minimum absolute atomic E-state index is 0.135. The number of rotatable bonds is 3. The summed E-state index contributed by atoms with van der Waals surface area (Å²) in [5, 5.41) is 11.4. The summed E-state index contributed by atoms with van der Waals surface area (Å²) in [6, 6.07) is 8.81. The number of oxime groups is 1. The molecule has 0 unspecified atom stereocenters. The Balaban J connectivity index is 2.31. The van der Waals surface area contributed by atoms with Crippen molar-refractivity contribution < 1.29 is 14.3 Å². The predicted molar refractivity (Wildman–Crippen MR) is 70.9 cm³/mol. The standard InChI is InChI=1S/C12H9BrFN3O2/c13-8-5-4-7(14)6-10(8)19-11-3-1-2-9(16-11)12(15)17-18/h1-6,18H,(H2,15,17). The first-order valence-electron chi connectivity index (χ1n) is 5.18. The molecule has 2 aromatic rings. The Kier molecular flexibility index (Phi) is 3.96. The van der Waals surface area contributed by atoms with Gasteiger partial charge in [-0.15, -0.1) is 0 Å². The molecule has 1 aromatic heterocycles. The van der Waals surface area contributed by atoms with Crippen LogP contribution >= 0.6 is 15.9 Å². The van der Waals surface area contributed by atoms with Crippen molar-refractivity contribution in [3.8, 4) is 11.6 Å². The van der Waals surface area contributed by atoms with Crippen LogP contribution in [0.4, 0.5) is 4.39 Å². The molecule has 3 N–H and O–H groups in total. The number of hydrogen-bond acceptors (Lipinski definition) is 4. The predicted octanol–water partition coefficient (Wildman–Crippen LogP) is 2.87. The lowest BCUT2D eigenvalue weighted by molar-refractivity contribution is 0.318. The molecule has 2 rings (SSSR count). The Bertz CT molecular complexity index is 634. The maximum atomic E-state index is 13.1. The topological polar surface area (TPSA) is 80.7 Å². The lowest BCUT2D eigenvalue weighted by atomic mass is 10.3. The molecule has 0 saturated heterocycles. The van der Waals surface area contributed by atoms with Gasteiger partial charge in [-0.05, 0) is 34.1 Å². The maximum Gasteiger partial charge on any atom is 0.219 e. The summed E-state index contributed by atoms with van der Waals surface area (Å²) in [5.74, 6) is -0.0749. The van der Waals surface area contributed by atoms with Crippen LogP contribution in [0.3, 0.4) is 0 Å². The average molecular weight is 326 g/mol. The second kappa shape index (κ2) is 5.66. The molecule has 98 valence electrons. The van der Waals surface area contributed by atoms with Crippen molar-refractivity contribution in [2.75, 3.05) is 0 Å². The van der Waals surface area contributed by atoms with Crippen molar-refractivity contribution >= 4 is 21.8 Å². The second-order valence-corrected chi connectivity index (χ2v) is 4.38. The number of ether oxygens (including phenoxy) is 1. The van der Waals surface area contributed by atoms with Crippen LogP contribution in [-0.4, -0.2) is 16.0 Å². The zero-order valence-electron chi connectivity index (χ0n) is 9.55. The Hall–Kier alpha value is -2.15. The number of benzene rings is 1. The highest BCUT2D eigenvalue weighted by atomic mass is 79.9. The largest absolute Gasteiger partial charge is 0.438 e. The summed E-state index contributed by atoms with van der Waals surface area (Å²) in [4.78, 5) is 4.03. The molecule has 0 fully saturated rings. The van der Waals surface area contributed by atoms with Gasteiger partial charge in [-0.2, -0.15) is 0 Å². The first-order chi connectivity index (χ1) is 9.10. The number of pyridine rings is 1. The molecule has 0 aliphatic carbocycles. The molecule has 1 heterocycles. The molecule has 5 nitrogen and oxygen atoms in total. The minimum Gasteiger partial charge on any atom is -0.438 e. The summed E-state index contributed by atoms with van der Waals surface area (Å²) < 4.78 is 19.1. The van der Waals surface area contributed by atoms with E-state index >= 15 is 0 Å². The highest BCUT2D eigenvalue weighted by Gasteiger charge is 2.07. The lowest BCUT2D eigenvalue weighted by Crippen LogP contribution is -2.14. The molecule has 7 heteroatoms. The van der Waals surface area contributed by atoms with E-state index in [1.165, 1.54) is 18.2 Å².